The molecule has 3 aromatic rings. The van der Waals surface area contributed by atoms with Gasteiger partial charge in [0.25, 0.3) is 0 Å². The molecule has 1 N–H and O–H groups in total. The molecule has 0 aliphatic rings. The number of nitriles is 1. The topological polar surface area (TPSA) is 52.5 Å². The number of nitrogens with zero attached hydrogens (tertiary/aromatic N) is 2. The number of imidazole rings is 1. The zero-order valence-electron chi connectivity index (χ0n) is 12.8. The van der Waals surface area contributed by atoms with E-state index in [9.17, 15) is 4.39 Å². The Morgan fingerprint density at radius 3 is 2.30 bits per heavy atom. The fourth-order valence-corrected chi connectivity index (χ4v) is 2.52. The van der Waals surface area contributed by atoms with E-state index >= 15 is 0 Å². The number of aromatic amines is 1. The van der Waals surface area contributed by atoms with Crippen molar-refractivity contribution in [3.05, 3.63) is 65.6 Å². The number of rotatable bonds is 4. The molecule has 1 heterocycles. The third-order valence-corrected chi connectivity index (χ3v) is 3.69. The van der Waals surface area contributed by atoms with E-state index in [0.717, 1.165) is 41.2 Å². The molecule has 114 valence electrons. The lowest BCUT2D eigenvalue weighted by atomic mass is 10.1. The molecule has 0 fully saturated rings. The van der Waals surface area contributed by atoms with E-state index in [1.807, 2.05) is 12.1 Å². The van der Waals surface area contributed by atoms with E-state index in [1.165, 1.54) is 12.1 Å². The van der Waals surface area contributed by atoms with Gasteiger partial charge in [-0.1, -0.05) is 25.5 Å². The summed E-state index contributed by atoms with van der Waals surface area (Å²) in [6, 6.07) is 15.8. The molecular formula is C19H16FN3. The van der Waals surface area contributed by atoms with Gasteiger partial charge in [0.2, 0.25) is 0 Å². The van der Waals surface area contributed by atoms with Crippen LogP contribution in [0.1, 0.15) is 24.6 Å². The Hall–Kier alpha value is -2.93. The first kappa shape index (κ1) is 15.0. The van der Waals surface area contributed by atoms with E-state index in [1.54, 1.807) is 24.3 Å². The van der Waals surface area contributed by atoms with Crippen LogP contribution in [0.4, 0.5) is 4.39 Å². The van der Waals surface area contributed by atoms with Gasteiger partial charge in [0, 0.05) is 5.56 Å². The first-order chi connectivity index (χ1) is 11.2. The number of H-pyrrole nitrogens is 1. The Balaban J connectivity index is 2.04. The van der Waals surface area contributed by atoms with Crippen molar-refractivity contribution in [3.63, 3.8) is 0 Å². The minimum absolute atomic E-state index is 0.263. The van der Waals surface area contributed by atoms with Crippen LogP contribution in [0.3, 0.4) is 0 Å². The van der Waals surface area contributed by atoms with Crippen LogP contribution in [0.5, 0.6) is 0 Å². The summed E-state index contributed by atoms with van der Waals surface area (Å²) in [5.74, 6) is 0.467. The van der Waals surface area contributed by atoms with Crippen molar-refractivity contribution in [1.29, 1.82) is 5.26 Å². The molecule has 0 aliphatic heterocycles. The lowest BCUT2D eigenvalue weighted by molar-refractivity contribution is 0.628. The van der Waals surface area contributed by atoms with E-state index in [0.29, 0.717) is 5.56 Å². The first-order valence-electron chi connectivity index (χ1n) is 7.56. The lowest BCUT2D eigenvalue weighted by Gasteiger charge is -2.01. The highest BCUT2D eigenvalue weighted by molar-refractivity contribution is 5.68. The molecule has 0 aliphatic carbocycles. The molecule has 3 nitrogen and oxygen atoms in total. The predicted molar refractivity (Wildman–Crippen MR) is 88.1 cm³/mol. The molecule has 0 bridgehead atoms. The molecule has 2 aromatic carbocycles. The first-order valence-corrected chi connectivity index (χ1v) is 7.56. The second-order valence-corrected chi connectivity index (χ2v) is 5.35. The maximum absolute atomic E-state index is 13.1. The molecule has 0 saturated heterocycles. The molecule has 3 rings (SSSR count). The normalized spacial score (nSPS) is 10.5. The summed E-state index contributed by atoms with van der Waals surface area (Å²) in [5, 5.41) is 8.91. The number of benzene rings is 2. The van der Waals surface area contributed by atoms with Gasteiger partial charge in [-0.05, 0) is 48.4 Å². The molecule has 0 saturated carbocycles. The highest BCUT2D eigenvalue weighted by atomic mass is 19.1. The number of nitrogens with one attached hydrogen (secondary N) is 1. The van der Waals surface area contributed by atoms with Gasteiger partial charge in [-0.2, -0.15) is 5.26 Å². The van der Waals surface area contributed by atoms with Crippen LogP contribution in [0.2, 0.25) is 0 Å². The number of aromatic nitrogens is 2. The van der Waals surface area contributed by atoms with Gasteiger partial charge in [0.1, 0.15) is 11.6 Å². The molecule has 0 unspecified atom stereocenters. The average Bonchev–Trinajstić information content (AvgIpc) is 3.00. The van der Waals surface area contributed by atoms with Gasteiger partial charge in [-0.15, -0.1) is 0 Å². The Kier molecular flexibility index (Phi) is 4.20. The number of hydrogen-bond donors (Lipinski definition) is 1. The fraction of sp³-hybridized carbons (Fsp3) is 0.158. The monoisotopic (exact) mass is 305 g/mol. The van der Waals surface area contributed by atoms with E-state index in [4.69, 9.17) is 5.26 Å². The van der Waals surface area contributed by atoms with Crippen LogP contribution in [0.25, 0.3) is 22.6 Å². The van der Waals surface area contributed by atoms with Crippen molar-refractivity contribution < 1.29 is 4.39 Å². The van der Waals surface area contributed by atoms with E-state index in [-0.39, 0.29) is 5.82 Å². The number of hydrogen-bond acceptors (Lipinski definition) is 2. The van der Waals surface area contributed by atoms with Crippen molar-refractivity contribution in [3.8, 4) is 28.7 Å². The van der Waals surface area contributed by atoms with Crippen LogP contribution in [0, 0.1) is 17.1 Å². The Labute approximate surface area is 134 Å². The van der Waals surface area contributed by atoms with Crippen LogP contribution in [-0.4, -0.2) is 9.97 Å². The molecule has 4 heteroatoms. The van der Waals surface area contributed by atoms with Crippen LogP contribution in [0.15, 0.2) is 48.5 Å². The summed E-state index contributed by atoms with van der Waals surface area (Å²) in [6.45, 7) is 2.11. The summed E-state index contributed by atoms with van der Waals surface area (Å²) < 4.78 is 13.1. The molecule has 0 spiro atoms. The third-order valence-electron chi connectivity index (χ3n) is 3.69. The second-order valence-electron chi connectivity index (χ2n) is 5.35. The Morgan fingerprint density at radius 2 is 1.70 bits per heavy atom. The zero-order valence-corrected chi connectivity index (χ0v) is 12.8. The molecule has 23 heavy (non-hydrogen) atoms. The van der Waals surface area contributed by atoms with Crippen molar-refractivity contribution in [1.82, 2.24) is 9.97 Å². The van der Waals surface area contributed by atoms with Crippen molar-refractivity contribution >= 4 is 0 Å². The van der Waals surface area contributed by atoms with Gasteiger partial charge in [-0.3, -0.25) is 0 Å². The summed E-state index contributed by atoms with van der Waals surface area (Å²) in [4.78, 5) is 8.02. The highest BCUT2D eigenvalue weighted by Crippen LogP contribution is 2.27. The molecule has 0 radical (unpaired) electrons. The van der Waals surface area contributed by atoms with E-state index < -0.39 is 0 Å². The molecule has 0 amide bonds. The van der Waals surface area contributed by atoms with Gasteiger partial charge < -0.3 is 4.98 Å². The summed E-state index contributed by atoms with van der Waals surface area (Å²) in [5.41, 5.74) is 4.41. The third kappa shape index (κ3) is 3.14. The fourth-order valence-electron chi connectivity index (χ4n) is 2.52. The van der Waals surface area contributed by atoms with Crippen molar-refractivity contribution in [2.24, 2.45) is 0 Å². The Bertz CT molecular complexity index is 840. The standard InChI is InChI=1S/C19H16FN3/c1-2-3-17-18(14-6-4-13(12-21)5-7-14)23-19(22-17)15-8-10-16(20)11-9-15/h4-11H,2-3H2,1H3,(H,22,23). The van der Waals surface area contributed by atoms with E-state index in [2.05, 4.69) is 23.0 Å². The van der Waals surface area contributed by atoms with Gasteiger partial charge in [0.15, 0.2) is 0 Å². The smallest absolute Gasteiger partial charge is 0.138 e. The minimum Gasteiger partial charge on any atom is -0.338 e. The average molecular weight is 305 g/mol. The largest absolute Gasteiger partial charge is 0.338 e. The highest BCUT2D eigenvalue weighted by Gasteiger charge is 2.13. The zero-order chi connectivity index (χ0) is 16.2. The quantitative estimate of drug-likeness (QED) is 0.759. The van der Waals surface area contributed by atoms with Crippen molar-refractivity contribution in [2.75, 3.05) is 0 Å². The van der Waals surface area contributed by atoms with Crippen LogP contribution in [-0.2, 0) is 6.42 Å². The summed E-state index contributed by atoms with van der Waals surface area (Å²) in [7, 11) is 0. The van der Waals surface area contributed by atoms with Gasteiger partial charge in [0.05, 0.1) is 23.0 Å². The molecular weight excluding hydrogens is 289 g/mol. The maximum atomic E-state index is 13.1. The number of aryl methyl sites for hydroxylation is 1. The summed E-state index contributed by atoms with van der Waals surface area (Å²) in [6.07, 6.45) is 1.84. The lowest BCUT2D eigenvalue weighted by Crippen LogP contribution is -1.88. The minimum atomic E-state index is -0.263. The maximum Gasteiger partial charge on any atom is 0.138 e. The van der Waals surface area contributed by atoms with Crippen molar-refractivity contribution in [2.45, 2.75) is 19.8 Å². The number of halogens is 1. The van der Waals surface area contributed by atoms with Gasteiger partial charge >= 0.3 is 0 Å². The van der Waals surface area contributed by atoms with Crippen LogP contribution < -0.4 is 0 Å². The second kappa shape index (κ2) is 6.45. The molecule has 1 aromatic heterocycles. The Morgan fingerprint density at radius 1 is 1.04 bits per heavy atom. The van der Waals surface area contributed by atoms with Gasteiger partial charge in [-0.25, -0.2) is 9.37 Å². The SMILES string of the molecule is CCCc1nc(-c2ccc(F)cc2)[nH]c1-c1ccc(C#N)cc1. The van der Waals surface area contributed by atoms with Crippen LogP contribution >= 0.6 is 0 Å². The molecule has 0 atom stereocenters. The predicted octanol–water partition coefficient (Wildman–Crippen LogP) is 4.71. The summed E-state index contributed by atoms with van der Waals surface area (Å²) >= 11 is 0.